The van der Waals surface area contributed by atoms with Crippen molar-refractivity contribution in [2.45, 2.75) is 95.9 Å². The second-order valence-corrected chi connectivity index (χ2v) is 11.1. The van der Waals surface area contributed by atoms with Crippen LogP contribution < -0.4 is 0 Å². The van der Waals surface area contributed by atoms with Gasteiger partial charge in [-0.2, -0.15) is 0 Å². The molecule has 3 N–H and O–H groups in total. The predicted molar refractivity (Wildman–Crippen MR) is 152 cm³/mol. The summed E-state index contributed by atoms with van der Waals surface area (Å²) in [6.07, 6.45) is 22.4. The highest BCUT2D eigenvalue weighted by Gasteiger charge is 2.48. The molecule has 39 heavy (non-hydrogen) atoms. The molecule has 0 aliphatic carbocycles. The van der Waals surface area contributed by atoms with Crippen molar-refractivity contribution in [3.8, 4) is 0 Å². The van der Waals surface area contributed by atoms with Crippen molar-refractivity contribution >= 4 is 5.97 Å². The van der Waals surface area contributed by atoms with E-state index >= 15 is 0 Å². The van der Waals surface area contributed by atoms with E-state index in [-0.39, 0.29) is 43.5 Å². The number of rotatable bonds is 5. The summed E-state index contributed by atoms with van der Waals surface area (Å²) in [4.78, 5) is 12.8. The van der Waals surface area contributed by atoms with Crippen LogP contribution in [0.5, 0.6) is 0 Å². The van der Waals surface area contributed by atoms with Gasteiger partial charge >= 0.3 is 5.97 Å². The Labute approximate surface area is 233 Å². The average Bonchev–Trinajstić information content (AvgIpc) is 2.90. The number of carbonyl (C=O) groups is 1. The van der Waals surface area contributed by atoms with E-state index in [1.54, 1.807) is 12.2 Å². The highest BCUT2D eigenvalue weighted by Crippen LogP contribution is 2.41. The summed E-state index contributed by atoms with van der Waals surface area (Å²) in [5.74, 6) is -0.465. The summed E-state index contributed by atoms with van der Waals surface area (Å²) >= 11 is 0. The Morgan fingerprint density at radius 3 is 2.67 bits per heavy atom. The lowest BCUT2D eigenvalue weighted by Crippen LogP contribution is -2.55. The first-order valence-electron chi connectivity index (χ1n) is 14.2. The fourth-order valence-corrected chi connectivity index (χ4v) is 5.30. The van der Waals surface area contributed by atoms with Gasteiger partial charge in [-0.25, -0.2) is 4.79 Å². The standard InChI is InChI=1S/C32H46O7/c1-23-13-7-4-8-15-26-21-30(32(3,22-34)29(38-26)16-10-6-12-18-33)39-31(36)17-11-5-9-14-25-20-27(35)24(2)28(19-23)37-25/h5-11,13,15,17,19,24-30,33-35H,4,12,14,16,18,20-22H2,1-3H3/b9-5+,10-6-,13-7-,15-8+,17-11-,23-19-/t24-,25+,26-,27+,28-,29+,30-,32+/m1/s1. The Balaban J connectivity index is 1.84. The predicted octanol–water partition coefficient (Wildman–Crippen LogP) is 4.50. The fourth-order valence-electron chi connectivity index (χ4n) is 5.30. The Morgan fingerprint density at radius 1 is 1.08 bits per heavy atom. The molecule has 3 aliphatic heterocycles. The fraction of sp³-hybridized carbons (Fsp3) is 0.594. The Hall–Kier alpha value is -2.29. The molecule has 0 radical (unpaired) electrons. The van der Waals surface area contributed by atoms with E-state index in [9.17, 15) is 15.0 Å². The maximum Gasteiger partial charge on any atom is 0.331 e. The molecule has 4 bridgehead atoms. The van der Waals surface area contributed by atoms with Crippen molar-refractivity contribution in [2.75, 3.05) is 13.2 Å². The van der Waals surface area contributed by atoms with Gasteiger partial charge in [0.05, 0.1) is 42.5 Å². The molecule has 3 aliphatic rings. The topological polar surface area (TPSA) is 105 Å². The van der Waals surface area contributed by atoms with Gasteiger partial charge in [0.15, 0.2) is 0 Å². The number of ether oxygens (including phenoxy) is 3. The Bertz CT molecular complexity index is 962. The van der Waals surface area contributed by atoms with Crippen LogP contribution in [0.2, 0.25) is 0 Å². The summed E-state index contributed by atoms with van der Waals surface area (Å²) in [5.41, 5.74) is 0.300. The third-order valence-corrected chi connectivity index (χ3v) is 7.96. The van der Waals surface area contributed by atoms with E-state index in [1.807, 2.05) is 51.2 Å². The lowest BCUT2D eigenvalue weighted by Gasteiger charge is -2.47. The first kappa shape index (κ1) is 31.2. The minimum atomic E-state index is -0.779. The number of hydrogen-bond donors (Lipinski definition) is 3. The molecular formula is C32H46O7. The number of fused-ring (bicyclic) bond motifs is 4. The van der Waals surface area contributed by atoms with E-state index in [1.165, 1.54) is 6.08 Å². The molecule has 0 unspecified atom stereocenters. The molecule has 3 heterocycles. The molecule has 3 rings (SSSR count). The molecule has 2 saturated heterocycles. The van der Waals surface area contributed by atoms with Crippen LogP contribution in [0.1, 0.15) is 59.3 Å². The van der Waals surface area contributed by atoms with Gasteiger partial charge in [0.2, 0.25) is 0 Å². The second kappa shape index (κ2) is 15.5. The van der Waals surface area contributed by atoms with Crippen LogP contribution in [0, 0.1) is 11.3 Å². The largest absolute Gasteiger partial charge is 0.458 e. The van der Waals surface area contributed by atoms with Gasteiger partial charge in [0, 0.05) is 31.4 Å². The van der Waals surface area contributed by atoms with Crippen molar-refractivity contribution < 1.29 is 34.3 Å². The summed E-state index contributed by atoms with van der Waals surface area (Å²) in [7, 11) is 0. The maximum atomic E-state index is 12.8. The van der Waals surface area contributed by atoms with Gasteiger partial charge in [-0.15, -0.1) is 0 Å². The highest BCUT2D eigenvalue weighted by molar-refractivity contribution is 5.82. The monoisotopic (exact) mass is 542 g/mol. The number of carbonyl (C=O) groups excluding carboxylic acids is 1. The molecule has 0 aromatic heterocycles. The normalized spacial score (nSPS) is 41.1. The molecule has 7 nitrogen and oxygen atoms in total. The molecule has 0 aromatic carbocycles. The van der Waals surface area contributed by atoms with E-state index in [4.69, 9.17) is 19.3 Å². The van der Waals surface area contributed by atoms with E-state index in [0.29, 0.717) is 38.5 Å². The van der Waals surface area contributed by atoms with Crippen molar-refractivity contribution in [3.63, 3.8) is 0 Å². The SMILES string of the molecule is CC1=C/[C@H]2O[C@@H](C/C=C/C=C\C(=O)O[C@@H]3C[C@@H](/C=C/C/C=C\1)O[C@@H](C/C=C\CCO)[C@]3(C)CO)C[C@H](O)[C@H]2C. The van der Waals surface area contributed by atoms with Crippen molar-refractivity contribution in [1.82, 2.24) is 0 Å². The molecule has 216 valence electrons. The number of hydrogen-bond acceptors (Lipinski definition) is 7. The third kappa shape index (κ3) is 9.12. The molecule has 0 spiro atoms. The van der Waals surface area contributed by atoms with Crippen LogP contribution in [0.25, 0.3) is 0 Å². The van der Waals surface area contributed by atoms with E-state index < -0.39 is 23.6 Å². The quantitative estimate of drug-likeness (QED) is 0.347. The first-order valence-corrected chi connectivity index (χ1v) is 14.2. The van der Waals surface area contributed by atoms with Crippen molar-refractivity contribution in [3.05, 3.63) is 72.4 Å². The zero-order valence-corrected chi connectivity index (χ0v) is 23.5. The number of aliphatic hydroxyl groups is 3. The van der Waals surface area contributed by atoms with Gasteiger partial charge < -0.3 is 29.5 Å². The van der Waals surface area contributed by atoms with Gasteiger partial charge in [0.25, 0.3) is 0 Å². The second-order valence-electron chi connectivity index (χ2n) is 11.1. The zero-order chi connectivity index (χ0) is 28.3. The smallest absolute Gasteiger partial charge is 0.331 e. The summed E-state index contributed by atoms with van der Waals surface area (Å²) < 4.78 is 18.5. The van der Waals surface area contributed by atoms with Crippen LogP contribution in [-0.2, 0) is 19.0 Å². The summed E-state index contributed by atoms with van der Waals surface area (Å²) in [6.45, 7) is 5.83. The summed E-state index contributed by atoms with van der Waals surface area (Å²) in [5, 5.41) is 30.0. The Kier molecular flexibility index (Phi) is 12.4. The number of allylic oxidation sites excluding steroid dienone is 6. The van der Waals surface area contributed by atoms with Crippen molar-refractivity contribution in [2.24, 2.45) is 11.3 Å². The number of esters is 1. The minimum absolute atomic E-state index is 0.00781. The molecule has 0 amide bonds. The minimum Gasteiger partial charge on any atom is -0.458 e. The van der Waals surface area contributed by atoms with E-state index in [2.05, 4.69) is 18.2 Å². The molecule has 0 aromatic rings. The molecular weight excluding hydrogens is 496 g/mol. The van der Waals surface area contributed by atoms with Gasteiger partial charge in [-0.05, 0) is 32.6 Å². The highest BCUT2D eigenvalue weighted by atomic mass is 16.6. The third-order valence-electron chi connectivity index (χ3n) is 7.96. The van der Waals surface area contributed by atoms with Crippen LogP contribution in [0.15, 0.2) is 72.4 Å². The van der Waals surface area contributed by atoms with Crippen LogP contribution in [0.4, 0.5) is 0 Å². The molecule has 8 atom stereocenters. The first-order chi connectivity index (χ1) is 18.8. The molecule has 2 fully saturated rings. The van der Waals surface area contributed by atoms with Crippen LogP contribution in [-0.4, -0.2) is 71.1 Å². The maximum absolute atomic E-state index is 12.8. The number of aliphatic hydroxyl groups excluding tert-OH is 3. The van der Waals surface area contributed by atoms with E-state index in [0.717, 1.165) is 5.57 Å². The Morgan fingerprint density at radius 2 is 1.90 bits per heavy atom. The summed E-state index contributed by atoms with van der Waals surface area (Å²) in [6, 6.07) is 0. The molecule has 7 heteroatoms. The van der Waals surface area contributed by atoms with Crippen LogP contribution >= 0.6 is 0 Å². The average molecular weight is 543 g/mol. The lowest BCUT2D eigenvalue weighted by atomic mass is 9.73. The van der Waals surface area contributed by atoms with Gasteiger partial charge in [-0.3, -0.25) is 0 Å². The molecule has 0 saturated carbocycles. The van der Waals surface area contributed by atoms with Gasteiger partial charge in [-0.1, -0.05) is 80.2 Å². The van der Waals surface area contributed by atoms with Crippen molar-refractivity contribution in [1.29, 1.82) is 0 Å². The lowest BCUT2D eigenvalue weighted by molar-refractivity contribution is -0.198. The van der Waals surface area contributed by atoms with Gasteiger partial charge in [0.1, 0.15) is 6.10 Å². The zero-order valence-electron chi connectivity index (χ0n) is 23.5. The van der Waals surface area contributed by atoms with Crippen LogP contribution in [0.3, 0.4) is 0 Å².